The molecule has 0 spiro atoms. The van der Waals surface area contributed by atoms with Gasteiger partial charge in [-0.25, -0.2) is 0 Å². The zero-order chi connectivity index (χ0) is 13.5. The van der Waals surface area contributed by atoms with Crippen molar-refractivity contribution < 1.29 is 5.11 Å². The zero-order valence-electron chi connectivity index (χ0n) is 11.6. The van der Waals surface area contributed by atoms with Gasteiger partial charge in [0.2, 0.25) is 0 Å². The van der Waals surface area contributed by atoms with Gasteiger partial charge in [0.05, 0.1) is 6.10 Å². The lowest BCUT2D eigenvalue weighted by atomic mass is 9.76. The molecular formula is C16H27NO. The lowest BCUT2D eigenvalue weighted by Crippen LogP contribution is -2.39. The van der Waals surface area contributed by atoms with E-state index in [4.69, 9.17) is 0 Å². The highest BCUT2D eigenvalue weighted by molar-refractivity contribution is 5.00. The van der Waals surface area contributed by atoms with Gasteiger partial charge < -0.3 is 5.11 Å². The van der Waals surface area contributed by atoms with Crippen molar-refractivity contribution in [2.24, 2.45) is 11.8 Å². The predicted octanol–water partition coefficient (Wildman–Crippen LogP) is 3.01. The van der Waals surface area contributed by atoms with Gasteiger partial charge >= 0.3 is 0 Å². The Kier molecular flexibility index (Phi) is 6.37. The molecule has 0 saturated heterocycles. The number of rotatable bonds is 7. The molecule has 0 radical (unpaired) electrons. The molecule has 18 heavy (non-hydrogen) atoms. The van der Waals surface area contributed by atoms with Gasteiger partial charge in [0, 0.05) is 19.6 Å². The summed E-state index contributed by atoms with van der Waals surface area (Å²) in [6.45, 7) is 16.4. The summed E-state index contributed by atoms with van der Waals surface area (Å²) < 4.78 is 0. The quantitative estimate of drug-likeness (QED) is 0.701. The molecule has 1 fully saturated rings. The normalized spacial score (nSPS) is 28.1. The molecule has 3 atom stereocenters. The molecule has 0 aliphatic heterocycles. The van der Waals surface area contributed by atoms with E-state index < -0.39 is 0 Å². The molecule has 0 bridgehead atoms. The summed E-state index contributed by atoms with van der Waals surface area (Å²) in [4.78, 5) is 2.29. The van der Waals surface area contributed by atoms with Crippen molar-refractivity contribution in [3.05, 3.63) is 37.5 Å². The Morgan fingerprint density at radius 3 is 2.39 bits per heavy atom. The Hall–Kier alpha value is -0.860. The second-order valence-electron chi connectivity index (χ2n) is 5.48. The Labute approximate surface area is 112 Å². The number of hydrogen-bond donors (Lipinski definition) is 1. The van der Waals surface area contributed by atoms with Crippen LogP contribution in [-0.2, 0) is 0 Å². The van der Waals surface area contributed by atoms with E-state index in [2.05, 4.69) is 31.6 Å². The summed E-state index contributed by atoms with van der Waals surface area (Å²) in [5.41, 5.74) is 1.26. The topological polar surface area (TPSA) is 23.5 Å². The third-order valence-electron chi connectivity index (χ3n) is 3.91. The van der Waals surface area contributed by atoms with Crippen LogP contribution in [0.4, 0.5) is 0 Å². The van der Waals surface area contributed by atoms with Crippen molar-refractivity contribution >= 4 is 0 Å². The molecule has 2 heteroatoms. The second kappa shape index (κ2) is 7.55. The average Bonchev–Trinajstić information content (AvgIpc) is 2.32. The maximum absolute atomic E-state index is 10.1. The van der Waals surface area contributed by atoms with Crippen molar-refractivity contribution in [3.63, 3.8) is 0 Å². The number of hydrogen-bond acceptors (Lipinski definition) is 2. The predicted molar refractivity (Wildman–Crippen MR) is 78.5 cm³/mol. The third-order valence-corrected chi connectivity index (χ3v) is 3.91. The molecule has 0 aromatic carbocycles. The molecule has 1 aliphatic carbocycles. The molecule has 0 aromatic rings. The highest BCUT2D eigenvalue weighted by Gasteiger charge is 2.30. The molecule has 3 unspecified atom stereocenters. The number of nitrogens with zero attached hydrogens (tertiary/aromatic N) is 1. The van der Waals surface area contributed by atoms with Crippen LogP contribution < -0.4 is 0 Å². The van der Waals surface area contributed by atoms with Crippen LogP contribution in [0.5, 0.6) is 0 Å². The van der Waals surface area contributed by atoms with Crippen molar-refractivity contribution in [1.82, 2.24) is 4.90 Å². The van der Waals surface area contributed by atoms with Gasteiger partial charge in [-0.3, -0.25) is 4.90 Å². The minimum atomic E-state index is -0.169. The first-order valence-corrected chi connectivity index (χ1v) is 6.86. The van der Waals surface area contributed by atoms with E-state index in [0.29, 0.717) is 11.8 Å². The Balaban J connectivity index is 2.57. The van der Waals surface area contributed by atoms with Crippen LogP contribution in [0.3, 0.4) is 0 Å². The SMILES string of the molecule is C=CCN(CC=C)CC1CC(C(=C)C)CCC1O. The first-order valence-electron chi connectivity index (χ1n) is 6.86. The summed E-state index contributed by atoms with van der Waals surface area (Å²) in [7, 11) is 0. The largest absolute Gasteiger partial charge is 0.393 e. The smallest absolute Gasteiger partial charge is 0.0581 e. The molecule has 0 amide bonds. The molecule has 0 heterocycles. The molecule has 102 valence electrons. The van der Waals surface area contributed by atoms with Crippen LogP contribution in [0.15, 0.2) is 37.5 Å². The van der Waals surface area contributed by atoms with E-state index in [9.17, 15) is 5.11 Å². The summed E-state index contributed by atoms with van der Waals surface area (Å²) in [5.74, 6) is 0.924. The van der Waals surface area contributed by atoms with Gasteiger partial charge in [-0.2, -0.15) is 0 Å². The second-order valence-corrected chi connectivity index (χ2v) is 5.48. The minimum absolute atomic E-state index is 0.169. The number of aliphatic hydroxyl groups is 1. The van der Waals surface area contributed by atoms with E-state index in [1.165, 1.54) is 5.57 Å². The fraction of sp³-hybridized carbons (Fsp3) is 0.625. The van der Waals surface area contributed by atoms with E-state index >= 15 is 0 Å². The summed E-state index contributed by atoms with van der Waals surface area (Å²) in [6, 6.07) is 0. The zero-order valence-corrected chi connectivity index (χ0v) is 11.6. The highest BCUT2D eigenvalue weighted by atomic mass is 16.3. The van der Waals surface area contributed by atoms with E-state index in [0.717, 1.165) is 38.9 Å². The van der Waals surface area contributed by atoms with Crippen LogP contribution in [0, 0.1) is 11.8 Å². The van der Waals surface area contributed by atoms with Crippen molar-refractivity contribution in [1.29, 1.82) is 0 Å². The standard InChI is InChI=1S/C16H27NO/c1-5-9-17(10-6-2)12-15-11-14(13(3)4)7-8-16(15)18/h5-6,14-16,18H,1-3,7-12H2,4H3. The minimum Gasteiger partial charge on any atom is -0.393 e. The van der Waals surface area contributed by atoms with Crippen LogP contribution in [0.1, 0.15) is 26.2 Å². The monoisotopic (exact) mass is 249 g/mol. The van der Waals surface area contributed by atoms with Gasteiger partial charge in [0.15, 0.2) is 0 Å². The van der Waals surface area contributed by atoms with Crippen molar-refractivity contribution in [3.8, 4) is 0 Å². The Morgan fingerprint density at radius 2 is 1.89 bits per heavy atom. The maximum atomic E-state index is 10.1. The van der Waals surface area contributed by atoms with Crippen molar-refractivity contribution in [2.45, 2.75) is 32.3 Å². The molecule has 1 N–H and O–H groups in total. The lowest BCUT2D eigenvalue weighted by Gasteiger charge is -2.36. The van der Waals surface area contributed by atoms with Crippen LogP contribution >= 0.6 is 0 Å². The maximum Gasteiger partial charge on any atom is 0.0581 e. The summed E-state index contributed by atoms with van der Waals surface area (Å²) in [6.07, 6.45) is 6.69. The fourth-order valence-electron chi connectivity index (χ4n) is 2.81. The van der Waals surface area contributed by atoms with Gasteiger partial charge in [0.1, 0.15) is 0 Å². The molecular weight excluding hydrogens is 222 g/mol. The summed E-state index contributed by atoms with van der Waals surface area (Å²) in [5, 5.41) is 10.1. The molecule has 1 rings (SSSR count). The van der Waals surface area contributed by atoms with E-state index in [1.807, 2.05) is 12.2 Å². The first-order chi connectivity index (χ1) is 8.58. The van der Waals surface area contributed by atoms with Crippen LogP contribution in [-0.4, -0.2) is 35.7 Å². The highest BCUT2D eigenvalue weighted by Crippen LogP contribution is 2.33. The molecule has 1 aliphatic rings. The number of allylic oxidation sites excluding steroid dienone is 1. The van der Waals surface area contributed by atoms with Crippen LogP contribution in [0.25, 0.3) is 0 Å². The van der Waals surface area contributed by atoms with Crippen molar-refractivity contribution in [2.75, 3.05) is 19.6 Å². The summed E-state index contributed by atoms with van der Waals surface area (Å²) >= 11 is 0. The van der Waals surface area contributed by atoms with E-state index in [1.54, 1.807) is 0 Å². The molecule has 1 saturated carbocycles. The number of aliphatic hydroxyl groups excluding tert-OH is 1. The van der Waals surface area contributed by atoms with E-state index in [-0.39, 0.29) is 6.10 Å². The van der Waals surface area contributed by atoms with Gasteiger partial charge in [-0.05, 0) is 38.0 Å². The fourth-order valence-corrected chi connectivity index (χ4v) is 2.81. The van der Waals surface area contributed by atoms with Gasteiger partial charge in [0.25, 0.3) is 0 Å². The van der Waals surface area contributed by atoms with Gasteiger partial charge in [-0.15, -0.1) is 13.2 Å². The average molecular weight is 249 g/mol. The molecule has 0 aromatic heterocycles. The molecule has 2 nitrogen and oxygen atoms in total. The lowest BCUT2D eigenvalue weighted by molar-refractivity contribution is 0.0373. The van der Waals surface area contributed by atoms with Gasteiger partial charge in [-0.1, -0.05) is 24.3 Å². The van der Waals surface area contributed by atoms with Crippen LogP contribution in [0.2, 0.25) is 0 Å². The Bertz CT molecular complexity index is 287. The Morgan fingerprint density at radius 1 is 1.28 bits per heavy atom. The first kappa shape index (κ1) is 15.2. The third kappa shape index (κ3) is 4.43.